The van der Waals surface area contributed by atoms with Crippen molar-refractivity contribution < 1.29 is 19.1 Å². The quantitative estimate of drug-likeness (QED) is 0.854. The molecule has 25 heavy (non-hydrogen) atoms. The molecule has 2 fully saturated rings. The molecule has 3 rings (SSSR count). The van der Waals surface area contributed by atoms with E-state index in [2.05, 4.69) is 10.6 Å². The molecule has 2 N–H and O–H groups in total. The first-order valence-electron chi connectivity index (χ1n) is 8.70. The molecule has 1 aliphatic carbocycles. The molecule has 0 spiro atoms. The summed E-state index contributed by atoms with van der Waals surface area (Å²) in [5, 5.41) is 5.91. The van der Waals surface area contributed by atoms with Crippen molar-refractivity contribution in [2.24, 2.45) is 0 Å². The van der Waals surface area contributed by atoms with Crippen LogP contribution in [0, 0.1) is 0 Å². The second kappa shape index (κ2) is 7.63. The van der Waals surface area contributed by atoms with Crippen LogP contribution in [0.15, 0.2) is 18.2 Å². The smallest absolute Gasteiger partial charge is 0.315 e. The van der Waals surface area contributed by atoms with Crippen LogP contribution in [0.4, 0.5) is 10.5 Å². The van der Waals surface area contributed by atoms with E-state index in [1.54, 1.807) is 31.3 Å². The zero-order valence-electron chi connectivity index (χ0n) is 14.7. The van der Waals surface area contributed by atoms with Gasteiger partial charge in [-0.25, -0.2) is 4.79 Å². The van der Waals surface area contributed by atoms with Gasteiger partial charge in [-0.2, -0.15) is 0 Å². The number of nitrogens with one attached hydrogen (secondary N) is 2. The summed E-state index contributed by atoms with van der Waals surface area (Å²) < 4.78 is 10.5. The van der Waals surface area contributed by atoms with E-state index in [1.807, 2.05) is 6.07 Å². The maximum atomic E-state index is 12.3. The molecule has 1 saturated carbocycles. The first-order chi connectivity index (χ1) is 12.1. The number of nitrogens with zero attached hydrogens (tertiary/aromatic N) is 1. The Hall–Kier alpha value is -2.44. The van der Waals surface area contributed by atoms with Crippen LogP contribution >= 0.6 is 0 Å². The van der Waals surface area contributed by atoms with Gasteiger partial charge in [0.1, 0.15) is 0 Å². The predicted molar refractivity (Wildman–Crippen MR) is 94.2 cm³/mol. The molecule has 1 heterocycles. The van der Waals surface area contributed by atoms with Crippen molar-refractivity contribution >= 4 is 17.6 Å². The van der Waals surface area contributed by atoms with Gasteiger partial charge in [-0.3, -0.25) is 4.79 Å². The predicted octanol–water partition coefficient (Wildman–Crippen LogP) is 2.05. The first-order valence-corrected chi connectivity index (χ1v) is 8.70. The molecule has 0 aromatic heterocycles. The fourth-order valence-corrected chi connectivity index (χ4v) is 3.53. The van der Waals surface area contributed by atoms with Crippen molar-refractivity contribution in [2.45, 2.75) is 44.2 Å². The third-order valence-corrected chi connectivity index (χ3v) is 4.83. The largest absolute Gasteiger partial charge is 0.493 e. The summed E-state index contributed by atoms with van der Waals surface area (Å²) in [5.74, 6) is 1.17. The number of benzene rings is 1. The number of anilines is 1. The van der Waals surface area contributed by atoms with Gasteiger partial charge in [0.25, 0.3) is 0 Å². The van der Waals surface area contributed by atoms with Crippen LogP contribution in [0.3, 0.4) is 0 Å². The number of methoxy groups -OCH3 is 2. The zero-order valence-corrected chi connectivity index (χ0v) is 14.7. The Balaban J connectivity index is 1.61. The molecular weight excluding hydrogens is 322 g/mol. The van der Waals surface area contributed by atoms with Crippen LogP contribution in [0.1, 0.15) is 32.1 Å². The molecule has 2 aliphatic rings. The lowest BCUT2D eigenvalue weighted by atomic mass is 10.2. The van der Waals surface area contributed by atoms with E-state index >= 15 is 0 Å². The van der Waals surface area contributed by atoms with Gasteiger partial charge in [-0.15, -0.1) is 0 Å². The van der Waals surface area contributed by atoms with Crippen LogP contribution in [0.25, 0.3) is 0 Å². The molecule has 1 atom stereocenters. The van der Waals surface area contributed by atoms with Crippen LogP contribution in [-0.4, -0.2) is 44.8 Å². The maximum absolute atomic E-state index is 12.3. The molecular formula is C18H25N3O4. The van der Waals surface area contributed by atoms with E-state index < -0.39 is 0 Å². The number of urea groups is 1. The number of carbonyl (C=O) groups is 2. The number of hydrogen-bond donors (Lipinski definition) is 2. The van der Waals surface area contributed by atoms with E-state index in [0.29, 0.717) is 24.5 Å². The third kappa shape index (κ3) is 3.97. The van der Waals surface area contributed by atoms with Crippen LogP contribution in [-0.2, 0) is 4.79 Å². The Kier molecular flexibility index (Phi) is 5.31. The highest BCUT2D eigenvalue weighted by molar-refractivity contribution is 5.97. The van der Waals surface area contributed by atoms with Crippen molar-refractivity contribution in [1.29, 1.82) is 0 Å². The molecule has 3 amide bonds. The Morgan fingerprint density at radius 3 is 2.44 bits per heavy atom. The van der Waals surface area contributed by atoms with Gasteiger partial charge >= 0.3 is 6.03 Å². The number of rotatable bonds is 5. The molecule has 1 aromatic rings. The van der Waals surface area contributed by atoms with Gasteiger partial charge < -0.3 is 25.0 Å². The van der Waals surface area contributed by atoms with E-state index in [4.69, 9.17) is 9.47 Å². The minimum atomic E-state index is -0.193. The summed E-state index contributed by atoms with van der Waals surface area (Å²) in [6, 6.07) is 5.26. The highest BCUT2D eigenvalue weighted by atomic mass is 16.5. The molecule has 1 saturated heterocycles. The van der Waals surface area contributed by atoms with E-state index in [1.165, 1.54) is 12.8 Å². The van der Waals surface area contributed by atoms with Crippen molar-refractivity contribution in [3.63, 3.8) is 0 Å². The number of amides is 3. The average Bonchev–Trinajstić information content (AvgIpc) is 3.23. The van der Waals surface area contributed by atoms with Gasteiger partial charge in [0.05, 0.1) is 20.3 Å². The lowest BCUT2D eigenvalue weighted by Gasteiger charge is -2.19. The lowest BCUT2D eigenvalue weighted by Crippen LogP contribution is -2.46. The summed E-state index contributed by atoms with van der Waals surface area (Å²) in [5.41, 5.74) is 0.739. The average molecular weight is 347 g/mol. The second-order valence-electron chi connectivity index (χ2n) is 6.54. The summed E-state index contributed by atoms with van der Waals surface area (Å²) in [7, 11) is 3.13. The molecule has 0 radical (unpaired) electrons. The fraction of sp³-hybridized carbons (Fsp3) is 0.556. The molecule has 136 valence electrons. The van der Waals surface area contributed by atoms with Crippen LogP contribution in [0.5, 0.6) is 11.5 Å². The summed E-state index contributed by atoms with van der Waals surface area (Å²) in [6.07, 6.45) is 4.70. The van der Waals surface area contributed by atoms with Gasteiger partial charge in [0.2, 0.25) is 5.91 Å². The molecule has 0 unspecified atom stereocenters. The fourth-order valence-electron chi connectivity index (χ4n) is 3.53. The molecule has 0 bridgehead atoms. The number of ether oxygens (including phenoxy) is 2. The monoisotopic (exact) mass is 347 g/mol. The molecule has 1 aromatic carbocycles. The second-order valence-corrected chi connectivity index (χ2v) is 6.54. The minimum absolute atomic E-state index is 0.0154. The molecule has 7 nitrogen and oxygen atoms in total. The normalized spacial score (nSPS) is 20.6. The highest BCUT2D eigenvalue weighted by Crippen LogP contribution is 2.33. The maximum Gasteiger partial charge on any atom is 0.315 e. The van der Waals surface area contributed by atoms with Crippen molar-refractivity contribution in [3.05, 3.63) is 18.2 Å². The lowest BCUT2D eigenvalue weighted by molar-refractivity contribution is -0.117. The Morgan fingerprint density at radius 2 is 1.76 bits per heavy atom. The highest BCUT2D eigenvalue weighted by Gasteiger charge is 2.32. The number of hydrogen-bond acceptors (Lipinski definition) is 4. The minimum Gasteiger partial charge on any atom is -0.493 e. The van der Waals surface area contributed by atoms with Gasteiger partial charge in [-0.05, 0) is 25.0 Å². The Bertz CT molecular complexity index is 643. The van der Waals surface area contributed by atoms with Gasteiger partial charge in [0.15, 0.2) is 11.5 Å². The molecule has 1 aliphatic heterocycles. The van der Waals surface area contributed by atoms with E-state index in [9.17, 15) is 9.59 Å². The van der Waals surface area contributed by atoms with Crippen LogP contribution in [0.2, 0.25) is 0 Å². The topological polar surface area (TPSA) is 79.9 Å². The standard InChI is InChI=1S/C18H25N3O4/c1-24-15-8-7-14(10-16(15)25-2)21-11-13(9-17(21)22)20-18(23)19-12-5-3-4-6-12/h7-8,10,12-13H,3-6,9,11H2,1-2H3,(H2,19,20,23)/t13-/m1/s1. The SMILES string of the molecule is COc1ccc(N2C[C@H](NC(=O)NC3CCCC3)CC2=O)cc1OC. The first kappa shape index (κ1) is 17.4. The van der Waals surface area contributed by atoms with Crippen molar-refractivity contribution in [1.82, 2.24) is 10.6 Å². The van der Waals surface area contributed by atoms with Crippen LogP contribution < -0.4 is 25.0 Å². The summed E-state index contributed by atoms with van der Waals surface area (Å²) >= 11 is 0. The Morgan fingerprint density at radius 1 is 1.08 bits per heavy atom. The van der Waals surface area contributed by atoms with Gasteiger partial charge in [0, 0.05) is 30.8 Å². The van der Waals surface area contributed by atoms with Crippen molar-refractivity contribution in [2.75, 3.05) is 25.7 Å². The van der Waals surface area contributed by atoms with Crippen molar-refractivity contribution in [3.8, 4) is 11.5 Å². The molecule has 7 heteroatoms. The number of carbonyl (C=O) groups excluding carboxylic acids is 2. The zero-order chi connectivity index (χ0) is 17.8. The summed E-state index contributed by atoms with van der Waals surface area (Å²) in [6.45, 7) is 0.451. The third-order valence-electron chi connectivity index (χ3n) is 4.83. The Labute approximate surface area is 147 Å². The van der Waals surface area contributed by atoms with E-state index in [-0.39, 0.29) is 24.0 Å². The van der Waals surface area contributed by atoms with E-state index in [0.717, 1.165) is 18.5 Å². The van der Waals surface area contributed by atoms with Gasteiger partial charge in [-0.1, -0.05) is 12.8 Å². The summed E-state index contributed by atoms with van der Waals surface area (Å²) in [4.78, 5) is 26.1.